The number of hydrogen-bond donors (Lipinski definition) is 0. The molecule has 36 heavy (non-hydrogen) atoms. The van der Waals surface area contributed by atoms with Crippen molar-refractivity contribution in [3.05, 3.63) is 95.3 Å². The fourth-order valence-corrected chi connectivity index (χ4v) is 5.51. The third-order valence-corrected chi connectivity index (χ3v) is 7.17. The minimum absolute atomic E-state index is 0.0356. The summed E-state index contributed by atoms with van der Waals surface area (Å²) in [6, 6.07) is 18.1. The van der Waals surface area contributed by atoms with E-state index < -0.39 is 18.0 Å². The average Bonchev–Trinajstić information content (AvgIpc) is 3.20. The van der Waals surface area contributed by atoms with Crippen LogP contribution in [0.4, 0.5) is 18.0 Å². The van der Waals surface area contributed by atoms with Crippen molar-refractivity contribution >= 4 is 11.7 Å². The number of hydrogen-bond acceptors (Lipinski definition) is 4. The van der Waals surface area contributed by atoms with Gasteiger partial charge in [-0.1, -0.05) is 60.7 Å². The largest absolute Gasteiger partial charge is 0.448 e. The molecular formula is C28H23F3N2O3. The Morgan fingerprint density at radius 3 is 2.31 bits per heavy atom. The molecule has 1 saturated heterocycles. The molecule has 6 rings (SSSR count). The van der Waals surface area contributed by atoms with Crippen LogP contribution in [-0.4, -0.2) is 47.9 Å². The normalized spacial score (nSPS) is 21.0. The maximum absolute atomic E-state index is 13.3. The van der Waals surface area contributed by atoms with Crippen molar-refractivity contribution in [1.29, 1.82) is 0 Å². The summed E-state index contributed by atoms with van der Waals surface area (Å²) in [5.74, 6) is -0.0356. The monoisotopic (exact) mass is 492 g/mol. The van der Waals surface area contributed by atoms with Gasteiger partial charge >= 0.3 is 12.3 Å². The van der Waals surface area contributed by atoms with E-state index >= 15 is 0 Å². The van der Waals surface area contributed by atoms with Gasteiger partial charge in [-0.05, 0) is 45.9 Å². The Morgan fingerprint density at radius 2 is 1.69 bits per heavy atom. The Kier molecular flexibility index (Phi) is 5.56. The first-order valence-corrected chi connectivity index (χ1v) is 11.9. The molecule has 5 nitrogen and oxygen atoms in total. The molecule has 2 aromatic carbocycles. The molecular weight excluding hydrogens is 469 g/mol. The second-order valence-corrected chi connectivity index (χ2v) is 9.30. The van der Waals surface area contributed by atoms with Crippen LogP contribution < -0.4 is 0 Å². The summed E-state index contributed by atoms with van der Waals surface area (Å²) in [6.07, 6.45) is -1.32. The van der Waals surface area contributed by atoms with Crippen molar-refractivity contribution in [2.45, 2.75) is 30.6 Å². The van der Waals surface area contributed by atoms with E-state index in [4.69, 9.17) is 9.47 Å². The zero-order valence-corrected chi connectivity index (χ0v) is 19.2. The van der Waals surface area contributed by atoms with Gasteiger partial charge in [-0.3, -0.25) is 9.88 Å². The molecule has 1 aromatic heterocycles. The predicted octanol–water partition coefficient (Wildman–Crippen LogP) is 5.91. The molecule has 1 amide bonds. The van der Waals surface area contributed by atoms with Gasteiger partial charge in [0.15, 0.2) is 0 Å². The van der Waals surface area contributed by atoms with Gasteiger partial charge in [0, 0.05) is 12.1 Å². The first-order chi connectivity index (χ1) is 17.4. The highest BCUT2D eigenvalue weighted by atomic mass is 19.4. The highest BCUT2D eigenvalue weighted by molar-refractivity contribution is 5.79. The third kappa shape index (κ3) is 3.95. The molecule has 2 bridgehead atoms. The molecule has 1 aliphatic carbocycles. The number of carbonyl (C=O) groups is 1. The SMILES string of the molecule is O=C(OCC1c2ccccc2-c2ccccc21)N1C2C=C(c3ccc(C(F)(F)F)nc3)CC1COC2. The maximum Gasteiger partial charge on any atom is 0.433 e. The van der Waals surface area contributed by atoms with Gasteiger partial charge < -0.3 is 9.47 Å². The number of rotatable bonds is 3. The lowest BCUT2D eigenvalue weighted by atomic mass is 9.90. The molecule has 0 saturated carbocycles. The number of alkyl halides is 3. The molecule has 0 N–H and O–H groups in total. The van der Waals surface area contributed by atoms with E-state index in [9.17, 15) is 18.0 Å². The lowest BCUT2D eigenvalue weighted by Crippen LogP contribution is -2.56. The van der Waals surface area contributed by atoms with Crippen LogP contribution in [0.3, 0.4) is 0 Å². The van der Waals surface area contributed by atoms with E-state index in [-0.39, 0.29) is 24.6 Å². The van der Waals surface area contributed by atoms with Crippen molar-refractivity contribution < 1.29 is 27.4 Å². The van der Waals surface area contributed by atoms with Crippen LogP contribution in [0, 0.1) is 0 Å². The molecule has 1 fully saturated rings. The van der Waals surface area contributed by atoms with Gasteiger partial charge in [0.05, 0.1) is 25.3 Å². The Balaban J connectivity index is 1.20. The number of amides is 1. The van der Waals surface area contributed by atoms with Crippen molar-refractivity contribution in [1.82, 2.24) is 9.88 Å². The quantitative estimate of drug-likeness (QED) is 0.457. The fourth-order valence-electron chi connectivity index (χ4n) is 5.51. The first-order valence-electron chi connectivity index (χ1n) is 11.9. The number of aromatic nitrogens is 1. The second kappa shape index (κ2) is 8.78. The number of benzene rings is 2. The minimum atomic E-state index is -4.48. The molecule has 2 atom stereocenters. The van der Waals surface area contributed by atoms with Crippen molar-refractivity contribution in [3.63, 3.8) is 0 Å². The van der Waals surface area contributed by atoms with Crippen molar-refractivity contribution in [2.24, 2.45) is 0 Å². The molecule has 3 aliphatic rings. The number of pyridine rings is 1. The van der Waals surface area contributed by atoms with E-state index in [1.165, 1.54) is 12.3 Å². The summed E-state index contributed by atoms with van der Waals surface area (Å²) in [5, 5.41) is 0. The van der Waals surface area contributed by atoms with Gasteiger partial charge in [-0.15, -0.1) is 0 Å². The lowest BCUT2D eigenvalue weighted by Gasteiger charge is -2.43. The summed E-state index contributed by atoms with van der Waals surface area (Å²) in [6.45, 7) is 0.868. The molecule has 3 aromatic rings. The van der Waals surface area contributed by atoms with E-state index in [1.807, 2.05) is 30.3 Å². The van der Waals surface area contributed by atoms with Gasteiger partial charge in [0.25, 0.3) is 0 Å². The van der Waals surface area contributed by atoms with Crippen LogP contribution in [0.2, 0.25) is 0 Å². The summed E-state index contributed by atoms with van der Waals surface area (Å²) in [5.41, 5.74) is 5.16. The van der Waals surface area contributed by atoms with Crippen LogP contribution in [0.15, 0.2) is 72.9 Å². The molecule has 2 aliphatic heterocycles. The predicted molar refractivity (Wildman–Crippen MR) is 127 cm³/mol. The lowest BCUT2D eigenvalue weighted by molar-refractivity contribution is -0.141. The zero-order valence-electron chi connectivity index (χ0n) is 19.2. The van der Waals surface area contributed by atoms with Crippen LogP contribution in [-0.2, 0) is 15.7 Å². The highest BCUT2D eigenvalue weighted by Gasteiger charge is 2.40. The number of carbonyl (C=O) groups excluding carboxylic acids is 1. The number of ether oxygens (including phenoxy) is 2. The standard InChI is InChI=1S/C28H23F3N2O3/c29-28(30,31)26-10-9-17(13-32-26)18-11-19-14-35-15-20(12-18)33(19)27(34)36-16-25-23-7-3-1-5-21(23)22-6-2-4-8-24(22)25/h1-11,13,19-20,25H,12,14-16H2. The smallest absolute Gasteiger partial charge is 0.433 e. The number of nitrogens with zero attached hydrogens (tertiary/aromatic N) is 2. The summed E-state index contributed by atoms with van der Waals surface area (Å²) in [7, 11) is 0. The van der Waals surface area contributed by atoms with Crippen LogP contribution in [0.1, 0.15) is 34.7 Å². The van der Waals surface area contributed by atoms with E-state index in [2.05, 4.69) is 29.2 Å². The number of halogens is 3. The minimum Gasteiger partial charge on any atom is -0.448 e. The zero-order chi connectivity index (χ0) is 24.9. The Morgan fingerprint density at radius 1 is 1.00 bits per heavy atom. The van der Waals surface area contributed by atoms with Crippen LogP contribution >= 0.6 is 0 Å². The Labute approximate surface area is 206 Å². The molecule has 0 radical (unpaired) electrons. The second-order valence-electron chi connectivity index (χ2n) is 9.30. The van der Waals surface area contributed by atoms with E-state index in [1.54, 1.807) is 4.90 Å². The van der Waals surface area contributed by atoms with E-state index in [0.717, 1.165) is 33.9 Å². The first kappa shape index (κ1) is 22.8. The summed E-state index contributed by atoms with van der Waals surface area (Å²) in [4.78, 5) is 18.6. The molecule has 3 heterocycles. The fraction of sp³-hybridized carbons (Fsp3) is 0.286. The van der Waals surface area contributed by atoms with Gasteiger partial charge in [0.1, 0.15) is 12.3 Å². The summed E-state index contributed by atoms with van der Waals surface area (Å²) < 4.78 is 50.2. The number of fused-ring (bicyclic) bond motifs is 5. The van der Waals surface area contributed by atoms with Gasteiger partial charge in [-0.25, -0.2) is 4.79 Å². The topological polar surface area (TPSA) is 51.7 Å². The third-order valence-electron chi connectivity index (χ3n) is 7.17. The molecule has 2 unspecified atom stereocenters. The van der Waals surface area contributed by atoms with E-state index in [0.29, 0.717) is 25.2 Å². The highest BCUT2D eigenvalue weighted by Crippen LogP contribution is 2.44. The molecule has 0 spiro atoms. The van der Waals surface area contributed by atoms with Crippen molar-refractivity contribution in [3.8, 4) is 11.1 Å². The van der Waals surface area contributed by atoms with Gasteiger partial charge in [-0.2, -0.15) is 13.2 Å². The average molecular weight is 492 g/mol. The van der Waals surface area contributed by atoms with Crippen LogP contribution in [0.5, 0.6) is 0 Å². The van der Waals surface area contributed by atoms with Crippen molar-refractivity contribution in [2.75, 3.05) is 19.8 Å². The Bertz CT molecular complexity index is 1290. The maximum atomic E-state index is 13.3. The number of morpholine rings is 1. The van der Waals surface area contributed by atoms with Gasteiger partial charge in [0.2, 0.25) is 0 Å². The molecule has 8 heteroatoms. The molecule has 184 valence electrons. The Hall–Kier alpha value is -3.65. The van der Waals surface area contributed by atoms with Crippen LogP contribution in [0.25, 0.3) is 16.7 Å². The summed E-state index contributed by atoms with van der Waals surface area (Å²) >= 11 is 0.